The van der Waals surface area contributed by atoms with E-state index in [1.54, 1.807) is 12.1 Å². The molecule has 0 amide bonds. The largest absolute Gasteiger partial charge is 0.507 e. The fourth-order valence-electron chi connectivity index (χ4n) is 6.86. The maximum Gasteiger partial charge on any atom is 0.343 e. The van der Waals surface area contributed by atoms with Crippen LogP contribution in [0.2, 0.25) is 0 Å². The van der Waals surface area contributed by atoms with Gasteiger partial charge in [0.1, 0.15) is 11.5 Å². The number of fused-ring (bicyclic) bond motifs is 1. The normalized spacial score (nSPS) is 13.4. The molecular formula is C53H70O3. The van der Waals surface area contributed by atoms with Gasteiger partial charge < -0.3 is 9.84 Å². The number of allylic oxidation sites excluding steroid dienone is 14. The summed E-state index contributed by atoms with van der Waals surface area (Å²) in [6, 6.07) is 16.6. The molecular weight excluding hydrogens is 685 g/mol. The molecule has 0 saturated carbocycles. The molecule has 0 aliphatic rings. The summed E-state index contributed by atoms with van der Waals surface area (Å²) in [5, 5.41) is 12.5. The molecule has 0 unspecified atom stereocenters. The van der Waals surface area contributed by atoms with Crippen molar-refractivity contribution in [3.05, 3.63) is 153 Å². The quantitative estimate of drug-likeness (QED) is 0.0631. The molecule has 1 N–H and O–H groups in total. The molecule has 0 saturated heterocycles. The Morgan fingerprint density at radius 3 is 1.32 bits per heavy atom. The van der Waals surface area contributed by atoms with Gasteiger partial charge in [0.15, 0.2) is 0 Å². The summed E-state index contributed by atoms with van der Waals surface area (Å²) in [5.41, 5.74) is 12.2. The SMILES string of the molecule is CC(C)=CCC/C(C)=C/CC/C(C)=C/CC/C(C)=C/CC/C(C)=C/CC/C(C)=C/CC/C(C)=C/Cc1c(C)c(O)c2ccccc2c1OC(=O)c1ccccc1. The van der Waals surface area contributed by atoms with Crippen molar-refractivity contribution in [2.45, 2.75) is 146 Å². The summed E-state index contributed by atoms with van der Waals surface area (Å²) in [6.45, 7) is 19.7. The first kappa shape index (κ1) is 45.8. The second kappa shape index (κ2) is 24.8. The van der Waals surface area contributed by atoms with Gasteiger partial charge in [0.2, 0.25) is 0 Å². The number of carbonyl (C=O) groups is 1. The van der Waals surface area contributed by atoms with Gasteiger partial charge in [0, 0.05) is 16.3 Å². The smallest absolute Gasteiger partial charge is 0.343 e. The van der Waals surface area contributed by atoms with Gasteiger partial charge >= 0.3 is 5.97 Å². The number of ether oxygens (including phenoxy) is 1. The maximum absolute atomic E-state index is 13.1. The van der Waals surface area contributed by atoms with Crippen molar-refractivity contribution in [1.29, 1.82) is 0 Å². The Morgan fingerprint density at radius 2 is 0.893 bits per heavy atom. The van der Waals surface area contributed by atoms with Crippen LogP contribution in [0, 0.1) is 6.92 Å². The van der Waals surface area contributed by atoms with Crippen molar-refractivity contribution >= 4 is 16.7 Å². The van der Waals surface area contributed by atoms with E-state index in [2.05, 4.69) is 97.9 Å². The minimum Gasteiger partial charge on any atom is -0.507 e. The fraction of sp³-hybridized carbons (Fsp3) is 0.415. The lowest BCUT2D eigenvalue weighted by Crippen LogP contribution is -2.11. The first-order chi connectivity index (χ1) is 26.8. The van der Waals surface area contributed by atoms with Gasteiger partial charge in [-0.25, -0.2) is 4.79 Å². The molecule has 0 heterocycles. The van der Waals surface area contributed by atoms with Gasteiger partial charge in [-0.2, -0.15) is 0 Å². The highest BCUT2D eigenvalue weighted by Crippen LogP contribution is 2.41. The van der Waals surface area contributed by atoms with Crippen LogP contribution >= 0.6 is 0 Å². The van der Waals surface area contributed by atoms with Gasteiger partial charge in [-0.05, 0) is 163 Å². The molecule has 0 radical (unpaired) electrons. The number of esters is 1. The second-order valence-electron chi connectivity index (χ2n) is 16.1. The average Bonchev–Trinajstić information content (AvgIpc) is 3.16. The Kier molecular flexibility index (Phi) is 20.3. The number of aromatic hydroxyl groups is 1. The lowest BCUT2D eigenvalue weighted by atomic mass is 9.95. The molecule has 0 aliphatic carbocycles. The highest BCUT2D eigenvalue weighted by molar-refractivity contribution is 5.99. The van der Waals surface area contributed by atoms with Crippen LogP contribution in [-0.2, 0) is 6.42 Å². The van der Waals surface area contributed by atoms with Crippen molar-refractivity contribution < 1.29 is 14.6 Å². The van der Waals surface area contributed by atoms with E-state index >= 15 is 0 Å². The van der Waals surface area contributed by atoms with E-state index in [1.807, 2.05) is 49.4 Å². The Morgan fingerprint density at radius 1 is 0.518 bits per heavy atom. The zero-order valence-electron chi connectivity index (χ0n) is 36.2. The maximum atomic E-state index is 13.1. The van der Waals surface area contributed by atoms with Crippen LogP contribution in [0.4, 0.5) is 0 Å². The first-order valence-electron chi connectivity index (χ1n) is 20.9. The number of rotatable bonds is 22. The first-order valence-corrected chi connectivity index (χ1v) is 20.9. The predicted molar refractivity (Wildman–Crippen MR) is 243 cm³/mol. The molecule has 0 atom stereocenters. The Hall–Kier alpha value is -4.63. The average molecular weight is 755 g/mol. The molecule has 0 spiro atoms. The molecule has 56 heavy (non-hydrogen) atoms. The van der Waals surface area contributed by atoms with E-state index < -0.39 is 5.97 Å². The van der Waals surface area contributed by atoms with Crippen molar-refractivity contribution in [1.82, 2.24) is 0 Å². The van der Waals surface area contributed by atoms with Gasteiger partial charge in [-0.3, -0.25) is 0 Å². The van der Waals surface area contributed by atoms with Crippen LogP contribution < -0.4 is 4.74 Å². The predicted octanol–water partition coefficient (Wildman–Crippen LogP) is 15.9. The van der Waals surface area contributed by atoms with E-state index in [0.29, 0.717) is 23.1 Å². The Labute approximate surface area is 340 Å². The number of phenolic OH excluding ortho intramolecular Hbond substituents is 1. The summed E-state index contributed by atoms with van der Waals surface area (Å²) in [6.07, 6.45) is 30.4. The van der Waals surface area contributed by atoms with Crippen molar-refractivity contribution in [3.8, 4) is 11.5 Å². The lowest BCUT2D eigenvalue weighted by molar-refractivity contribution is 0.0735. The highest BCUT2D eigenvalue weighted by atomic mass is 16.5. The number of hydrogen-bond donors (Lipinski definition) is 1. The molecule has 3 aromatic carbocycles. The second-order valence-corrected chi connectivity index (χ2v) is 16.1. The third-order valence-corrected chi connectivity index (χ3v) is 10.6. The van der Waals surface area contributed by atoms with Crippen LogP contribution in [-0.4, -0.2) is 11.1 Å². The number of hydrogen-bond acceptors (Lipinski definition) is 3. The molecule has 3 heteroatoms. The molecule has 0 aliphatic heterocycles. The van der Waals surface area contributed by atoms with E-state index in [4.69, 9.17) is 4.74 Å². The summed E-state index contributed by atoms with van der Waals surface area (Å²) in [5.74, 6) is 0.356. The molecule has 0 aromatic heterocycles. The van der Waals surface area contributed by atoms with Crippen molar-refractivity contribution in [2.75, 3.05) is 0 Å². The van der Waals surface area contributed by atoms with Crippen molar-refractivity contribution in [3.63, 3.8) is 0 Å². The minimum absolute atomic E-state index is 0.236. The van der Waals surface area contributed by atoms with E-state index in [0.717, 1.165) is 87.1 Å². The lowest BCUT2D eigenvalue weighted by Gasteiger charge is -2.17. The standard InChI is InChI=1S/C53H70O3/c1-39(2)21-15-22-40(3)23-16-24-41(4)25-17-26-42(5)27-18-28-43(6)29-19-30-44(7)31-20-32-45(8)37-38-48-46(9)51(54)49-35-13-14-36-50(49)52(48)56-53(55)47-33-11-10-12-34-47/h10-14,21,23,25,27,29,31,33-37,54H,15-20,22,24,26,28,30,32,38H2,1-9H3/b40-23+,41-25+,42-27+,43-29+,44-31+,45-37+. The van der Waals surface area contributed by atoms with Gasteiger partial charge in [-0.1, -0.05) is 124 Å². The number of benzene rings is 3. The van der Waals surface area contributed by atoms with E-state index in [-0.39, 0.29) is 5.75 Å². The number of phenols is 1. The van der Waals surface area contributed by atoms with Gasteiger partial charge in [0.05, 0.1) is 5.56 Å². The third kappa shape index (κ3) is 16.6. The summed E-state index contributed by atoms with van der Waals surface area (Å²) >= 11 is 0. The molecule has 3 rings (SSSR count). The third-order valence-electron chi connectivity index (χ3n) is 10.6. The van der Waals surface area contributed by atoms with Crippen LogP contribution in [0.25, 0.3) is 10.8 Å². The Bertz CT molecular complexity index is 1940. The molecule has 300 valence electrons. The molecule has 3 nitrogen and oxygen atoms in total. The van der Waals surface area contributed by atoms with Crippen LogP contribution in [0.3, 0.4) is 0 Å². The van der Waals surface area contributed by atoms with Crippen LogP contribution in [0.15, 0.2) is 136 Å². The van der Waals surface area contributed by atoms with Crippen LogP contribution in [0.1, 0.15) is 154 Å². The van der Waals surface area contributed by atoms with E-state index in [9.17, 15) is 9.90 Å². The molecule has 0 fully saturated rings. The zero-order chi connectivity index (χ0) is 40.9. The fourth-order valence-corrected chi connectivity index (χ4v) is 6.86. The molecule has 0 bridgehead atoms. The highest BCUT2D eigenvalue weighted by Gasteiger charge is 2.20. The number of carbonyl (C=O) groups excluding carboxylic acids is 1. The monoisotopic (exact) mass is 755 g/mol. The summed E-state index contributed by atoms with van der Waals surface area (Å²) < 4.78 is 6.06. The summed E-state index contributed by atoms with van der Waals surface area (Å²) in [7, 11) is 0. The Balaban J connectivity index is 1.42. The van der Waals surface area contributed by atoms with Gasteiger partial charge in [0.25, 0.3) is 0 Å². The minimum atomic E-state index is -0.402. The van der Waals surface area contributed by atoms with E-state index in [1.165, 1.54) is 45.4 Å². The topological polar surface area (TPSA) is 46.5 Å². The summed E-state index contributed by atoms with van der Waals surface area (Å²) in [4.78, 5) is 13.1. The van der Waals surface area contributed by atoms with Crippen LogP contribution in [0.5, 0.6) is 11.5 Å². The van der Waals surface area contributed by atoms with Crippen molar-refractivity contribution in [2.24, 2.45) is 0 Å². The molecule has 3 aromatic rings. The van der Waals surface area contributed by atoms with Gasteiger partial charge in [-0.15, -0.1) is 0 Å². The zero-order valence-corrected chi connectivity index (χ0v) is 36.2.